The minimum atomic E-state index is -8.21. The van der Waals surface area contributed by atoms with E-state index in [2.05, 4.69) is 0 Å². The third-order valence-corrected chi connectivity index (χ3v) is 3.37. The molecule has 0 fully saturated rings. The Morgan fingerprint density at radius 1 is 0.538 bits per heavy atom. The first-order chi connectivity index (χ1) is 10.9. The van der Waals surface area contributed by atoms with Crippen LogP contribution in [0.4, 0.5) is 65.9 Å². The van der Waals surface area contributed by atoms with Crippen molar-refractivity contribution in [3.05, 3.63) is 0 Å². The van der Waals surface area contributed by atoms with Gasteiger partial charge < -0.3 is 0 Å². The number of hydrogen-bond donors (Lipinski definition) is 0. The van der Waals surface area contributed by atoms with Crippen LogP contribution in [0.25, 0.3) is 0 Å². The van der Waals surface area contributed by atoms with Crippen LogP contribution in [-0.2, 0) is 0 Å². The molecule has 0 saturated heterocycles. The van der Waals surface area contributed by atoms with Gasteiger partial charge in [-0.25, -0.2) is 0 Å². The standard InChI is InChI=1S/C10H6F15I/c1-3(26)2-4(11,12)5(13,14)6(15,16)7(17,18)8(19,20)9(21,22)10(23,24)25/h3H,2H2,1H3. The van der Waals surface area contributed by atoms with E-state index in [1.54, 1.807) is 0 Å². The third kappa shape index (κ3) is 3.54. The SMILES string of the molecule is CC(I)CC(F)(F)C(F)(F)C(F)(F)C(F)(F)C(F)(F)C(F)(F)C(F)(F)F. The van der Waals surface area contributed by atoms with Gasteiger partial charge in [0.2, 0.25) is 0 Å². The average molecular weight is 538 g/mol. The van der Waals surface area contributed by atoms with Crippen LogP contribution in [-0.4, -0.2) is 45.6 Å². The van der Waals surface area contributed by atoms with E-state index in [1.165, 1.54) is 0 Å². The summed E-state index contributed by atoms with van der Waals surface area (Å²) in [6, 6.07) is 0. The average Bonchev–Trinajstić information content (AvgIpc) is 2.34. The largest absolute Gasteiger partial charge is 0.460 e. The summed E-state index contributed by atoms with van der Waals surface area (Å²) in [6.45, 7) is 0.688. The van der Waals surface area contributed by atoms with Gasteiger partial charge in [-0.1, -0.05) is 29.5 Å². The molecule has 1 atom stereocenters. The highest BCUT2D eigenvalue weighted by Gasteiger charge is 2.93. The zero-order valence-electron chi connectivity index (χ0n) is 11.8. The maximum atomic E-state index is 13.2. The van der Waals surface area contributed by atoms with Crippen LogP contribution in [0.2, 0.25) is 0 Å². The van der Waals surface area contributed by atoms with E-state index < -0.39 is 52.1 Å². The second kappa shape index (κ2) is 6.63. The minimum absolute atomic E-state index is 0.688. The summed E-state index contributed by atoms with van der Waals surface area (Å²) in [5.41, 5.74) is 0. The second-order valence-corrected chi connectivity index (χ2v) is 7.19. The molecule has 0 spiro atoms. The Balaban J connectivity index is 6.42. The number of halogens is 16. The number of rotatable bonds is 7. The predicted octanol–water partition coefficient (Wildman–Crippen LogP) is 6.57. The van der Waals surface area contributed by atoms with Crippen LogP contribution >= 0.6 is 22.6 Å². The highest BCUT2D eigenvalue weighted by Crippen LogP contribution is 2.62. The lowest BCUT2D eigenvalue weighted by atomic mass is 9.90. The summed E-state index contributed by atoms with van der Waals surface area (Å²) in [5, 5.41) is 0. The third-order valence-electron chi connectivity index (χ3n) is 2.93. The van der Waals surface area contributed by atoms with E-state index >= 15 is 0 Å². The number of alkyl halides is 16. The molecule has 0 aliphatic heterocycles. The molecule has 0 aromatic carbocycles. The lowest BCUT2D eigenvalue weighted by Crippen LogP contribution is -2.72. The second-order valence-electron chi connectivity index (χ2n) is 5.06. The molecule has 16 heteroatoms. The van der Waals surface area contributed by atoms with Gasteiger partial charge in [-0.15, -0.1) is 0 Å². The minimum Gasteiger partial charge on any atom is -0.200 e. The Labute approximate surface area is 148 Å². The highest BCUT2D eigenvalue weighted by molar-refractivity contribution is 14.1. The van der Waals surface area contributed by atoms with Gasteiger partial charge in [0.15, 0.2) is 0 Å². The summed E-state index contributed by atoms with van der Waals surface area (Å²) >= 11 is 0.934. The summed E-state index contributed by atoms with van der Waals surface area (Å²) in [5.74, 6) is -45.8. The van der Waals surface area contributed by atoms with Gasteiger partial charge in [0.25, 0.3) is 0 Å². The molecule has 0 amide bonds. The Morgan fingerprint density at radius 2 is 0.808 bits per heavy atom. The van der Waals surface area contributed by atoms with Gasteiger partial charge in [-0.2, -0.15) is 65.9 Å². The van der Waals surface area contributed by atoms with Crippen molar-refractivity contribution >= 4 is 22.6 Å². The zero-order valence-corrected chi connectivity index (χ0v) is 14.0. The zero-order chi connectivity index (χ0) is 21.8. The molecule has 0 heterocycles. The van der Waals surface area contributed by atoms with E-state index in [-0.39, 0.29) is 0 Å². The molecular formula is C10H6F15I. The van der Waals surface area contributed by atoms with Crippen LogP contribution in [0.3, 0.4) is 0 Å². The predicted molar refractivity (Wildman–Crippen MR) is 63.8 cm³/mol. The van der Waals surface area contributed by atoms with Gasteiger partial charge in [0.1, 0.15) is 0 Å². The summed E-state index contributed by atoms with van der Waals surface area (Å²) in [7, 11) is 0. The van der Waals surface area contributed by atoms with Crippen molar-refractivity contribution in [2.45, 2.75) is 59.0 Å². The normalized spacial score (nSPS) is 17.4. The fourth-order valence-corrected chi connectivity index (χ4v) is 2.03. The molecule has 0 aliphatic rings. The molecular weight excluding hydrogens is 532 g/mol. The molecule has 1 unspecified atom stereocenters. The van der Waals surface area contributed by atoms with Gasteiger partial charge in [-0.05, 0) is 0 Å². The van der Waals surface area contributed by atoms with Crippen molar-refractivity contribution in [1.29, 1.82) is 0 Å². The van der Waals surface area contributed by atoms with Crippen LogP contribution in [0.15, 0.2) is 0 Å². The van der Waals surface area contributed by atoms with E-state index in [4.69, 9.17) is 0 Å². The molecule has 0 aliphatic carbocycles. The first kappa shape index (κ1) is 25.7. The van der Waals surface area contributed by atoms with E-state index in [1.807, 2.05) is 0 Å². The molecule has 0 nitrogen and oxygen atoms in total. The molecule has 0 bridgehead atoms. The maximum absolute atomic E-state index is 13.2. The van der Waals surface area contributed by atoms with Gasteiger partial charge in [0, 0.05) is 10.3 Å². The number of hydrogen-bond acceptors (Lipinski definition) is 0. The first-order valence-corrected chi connectivity index (χ1v) is 7.14. The van der Waals surface area contributed by atoms with Crippen molar-refractivity contribution in [1.82, 2.24) is 0 Å². The molecule has 158 valence electrons. The topological polar surface area (TPSA) is 0 Å². The van der Waals surface area contributed by atoms with Crippen molar-refractivity contribution in [3.63, 3.8) is 0 Å². The Kier molecular flexibility index (Phi) is 6.55. The quantitative estimate of drug-likeness (QED) is 0.196. The highest BCUT2D eigenvalue weighted by atomic mass is 127. The van der Waals surface area contributed by atoms with Crippen LogP contribution < -0.4 is 0 Å². The van der Waals surface area contributed by atoms with Gasteiger partial charge >= 0.3 is 41.7 Å². The summed E-state index contributed by atoms with van der Waals surface area (Å²) in [4.78, 5) is 0. The van der Waals surface area contributed by atoms with Crippen molar-refractivity contribution in [2.24, 2.45) is 0 Å². The van der Waals surface area contributed by atoms with Gasteiger partial charge in [0.05, 0.1) is 0 Å². The van der Waals surface area contributed by atoms with Crippen molar-refractivity contribution in [3.8, 4) is 0 Å². The Morgan fingerprint density at radius 3 is 1.08 bits per heavy atom. The van der Waals surface area contributed by atoms with Crippen molar-refractivity contribution in [2.75, 3.05) is 0 Å². The van der Waals surface area contributed by atoms with Crippen molar-refractivity contribution < 1.29 is 65.9 Å². The molecule has 0 N–H and O–H groups in total. The van der Waals surface area contributed by atoms with Crippen LogP contribution in [0.5, 0.6) is 0 Å². The monoisotopic (exact) mass is 538 g/mol. The van der Waals surface area contributed by atoms with Gasteiger partial charge in [-0.3, -0.25) is 0 Å². The Hall–Kier alpha value is -0.320. The summed E-state index contributed by atoms with van der Waals surface area (Å²) < 4.78 is 190. The van der Waals surface area contributed by atoms with Crippen LogP contribution in [0.1, 0.15) is 13.3 Å². The molecule has 0 aromatic rings. The maximum Gasteiger partial charge on any atom is 0.460 e. The smallest absolute Gasteiger partial charge is 0.200 e. The lowest BCUT2D eigenvalue weighted by molar-refractivity contribution is -0.452. The molecule has 0 radical (unpaired) electrons. The van der Waals surface area contributed by atoms with E-state index in [0.717, 1.165) is 22.6 Å². The molecule has 0 aromatic heterocycles. The van der Waals surface area contributed by atoms with Crippen LogP contribution in [0, 0.1) is 0 Å². The fourth-order valence-electron chi connectivity index (χ4n) is 1.48. The fraction of sp³-hybridized carbons (Fsp3) is 1.00. The molecule has 0 rings (SSSR count). The summed E-state index contributed by atoms with van der Waals surface area (Å²) in [6.07, 6.45) is -9.88. The first-order valence-electron chi connectivity index (χ1n) is 5.89. The molecule has 26 heavy (non-hydrogen) atoms. The van der Waals surface area contributed by atoms with E-state index in [0.29, 0.717) is 6.92 Å². The van der Waals surface area contributed by atoms with E-state index in [9.17, 15) is 65.9 Å². The molecule has 0 saturated carbocycles. The lowest BCUT2D eigenvalue weighted by Gasteiger charge is -2.41. The Bertz CT molecular complexity index is 503.